The summed E-state index contributed by atoms with van der Waals surface area (Å²) in [5.74, 6) is 0.272. The number of amidine groups is 1. The smallest absolute Gasteiger partial charge is 0.269 e. The fourth-order valence-electron chi connectivity index (χ4n) is 2.16. The highest BCUT2D eigenvalue weighted by molar-refractivity contribution is 8.15. The number of non-ortho nitro benzene ring substituents is 1. The van der Waals surface area contributed by atoms with E-state index in [2.05, 4.69) is 15.5 Å². The summed E-state index contributed by atoms with van der Waals surface area (Å²) in [5.41, 5.74) is 2.61. The standard InChI is InChI=1S/C16H12N4O3S/c21-15-10-24-16(18-15)19-17-9-12-3-1-2-4-14(12)11-5-7-13(8-6-11)20(22)23/h1-9H,10H2,(H,18,19,21). The molecule has 7 nitrogen and oxygen atoms in total. The lowest BCUT2D eigenvalue weighted by atomic mass is 10.0. The summed E-state index contributed by atoms with van der Waals surface area (Å²) in [6, 6.07) is 13.9. The van der Waals surface area contributed by atoms with Crippen LogP contribution in [0.1, 0.15) is 5.56 Å². The lowest BCUT2D eigenvalue weighted by molar-refractivity contribution is -0.384. The monoisotopic (exact) mass is 340 g/mol. The Balaban J connectivity index is 1.85. The Bertz CT molecular complexity index is 847. The van der Waals surface area contributed by atoms with Crippen LogP contribution in [0.3, 0.4) is 0 Å². The predicted molar refractivity (Wildman–Crippen MR) is 94.2 cm³/mol. The minimum absolute atomic E-state index is 0.0466. The van der Waals surface area contributed by atoms with Crippen molar-refractivity contribution < 1.29 is 9.72 Å². The summed E-state index contributed by atoms with van der Waals surface area (Å²) in [6.07, 6.45) is 1.59. The van der Waals surface area contributed by atoms with Crippen molar-refractivity contribution >= 4 is 34.7 Å². The van der Waals surface area contributed by atoms with E-state index < -0.39 is 4.92 Å². The van der Waals surface area contributed by atoms with Gasteiger partial charge in [0.05, 0.1) is 16.9 Å². The molecule has 1 fully saturated rings. The molecule has 3 rings (SSSR count). The summed E-state index contributed by atoms with van der Waals surface area (Å²) >= 11 is 1.30. The van der Waals surface area contributed by atoms with Crippen molar-refractivity contribution in [3.05, 3.63) is 64.2 Å². The van der Waals surface area contributed by atoms with E-state index in [0.29, 0.717) is 10.9 Å². The summed E-state index contributed by atoms with van der Waals surface area (Å²) < 4.78 is 0. The van der Waals surface area contributed by atoms with Crippen molar-refractivity contribution in [3.8, 4) is 11.1 Å². The van der Waals surface area contributed by atoms with Gasteiger partial charge in [-0.2, -0.15) is 5.10 Å². The first kappa shape index (κ1) is 15.9. The molecular weight excluding hydrogens is 328 g/mol. The molecule has 2 aromatic carbocycles. The maximum atomic E-state index is 11.1. The first-order chi connectivity index (χ1) is 11.6. The number of carbonyl (C=O) groups excluding carboxylic acids is 1. The van der Waals surface area contributed by atoms with Crippen molar-refractivity contribution in [2.75, 3.05) is 5.75 Å². The molecule has 1 aliphatic rings. The first-order valence-electron chi connectivity index (χ1n) is 7.01. The van der Waals surface area contributed by atoms with Gasteiger partial charge in [0.15, 0.2) is 5.17 Å². The number of nitrogens with one attached hydrogen (secondary N) is 1. The number of benzene rings is 2. The van der Waals surface area contributed by atoms with Gasteiger partial charge in [-0.25, -0.2) is 0 Å². The Labute approximate surface area is 141 Å². The highest BCUT2D eigenvalue weighted by atomic mass is 32.2. The van der Waals surface area contributed by atoms with Crippen LogP contribution in [0.4, 0.5) is 5.69 Å². The van der Waals surface area contributed by atoms with Gasteiger partial charge in [0.25, 0.3) is 5.69 Å². The highest BCUT2D eigenvalue weighted by Crippen LogP contribution is 2.25. The lowest BCUT2D eigenvalue weighted by Gasteiger charge is -2.05. The molecule has 1 heterocycles. The number of rotatable bonds is 4. The van der Waals surface area contributed by atoms with Crippen molar-refractivity contribution in [1.82, 2.24) is 5.32 Å². The molecule has 0 aromatic heterocycles. The third kappa shape index (κ3) is 3.66. The topological polar surface area (TPSA) is 97.0 Å². The molecular formula is C16H12N4O3S. The van der Waals surface area contributed by atoms with Crippen LogP contribution in [-0.2, 0) is 4.79 Å². The van der Waals surface area contributed by atoms with Gasteiger partial charge in [0.2, 0.25) is 5.91 Å². The molecule has 0 radical (unpaired) electrons. The second-order valence-corrected chi connectivity index (χ2v) is 5.84. The lowest BCUT2D eigenvalue weighted by Crippen LogP contribution is -2.19. The molecule has 0 saturated carbocycles. The van der Waals surface area contributed by atoms with E-state index in [-0.39, 0.29) is 11.6 Å². The molecule has 2 aromatic rings. The Kier molecular flexibility index (Phi) is 4.66. The fourth-order valence-corrected chi connectivity index (χ4v) is 2.79. The van der Waals surface area contributed by atoms with E-state index in [0.717, 1.165) is 16.7 Å². The summed E-state index contributed by atoms with van der Waals surface area (Å²) in [5, 5.41) is 21.8. The van der Waals surface area contributed by atoms with Crippen LogP contribution in [0, 0.1) is 10.1 Å². The van der Waals surface area contributed by atoms with Crippen LogP contribution < -0.4 is 5.32 Å². The van der Waals surface area contributed by atoms with E-state index in [1.807, 2.05) is 24.3 Å². The van der Waals surface area contributed by atoms with Crippen molar-refractivity contribution in [2.45, 2.75) is 0 Å². The predicted octanol–water partition coefficient (Wildman–Crippen LogP) is 2.81. The summed E-state index contributed by atoms with van der Waals surface area (Å²) in [6.45, 7) is 0. The number of nitrogens with zero attached hydrogens (tertiary/aromatic N) is 3. The largest absolute Gasteiger partial charge is 0.303 e. The minimum atomic E-state index is -0.430. The molecule has 0 spiro atoms. The highest BCUT2D eigenvalue weighted by Gasteiger charge is 2.16. The number of thioether (sulfide) groups is 1. The third-order valence-electron chi connectivity index (χ3n) is 3.28. The SMILES string of the molecule is O=C1CSC(=NN=Cc2ccccc2-c2ccc([N+](=O)[O-])cc2)N1. The molecule has 0 atom stereocenters. The number of hydrogen-bond donors (Lipinski definition) is 1. The quantitative estimate of drug-likeness (QED) is 0.526. The first-order valence-corrected chi connectivity index (χ1v) is 7.99. The van der Waals surface area contributed by atoms with Crippen LogP contribution in [0.15, 0.2) is 58.7 Å². The van der Waals surface area contributed by atoms with Crippen LogP contribution in [-0.4, -0.2) is 28.0 Å². The van der Waals surface area contributed by atoms with Gasteiger partial charge in [0, 0.05) is 17.7 Å². The van der Waals surface area contributed by atoms with Crippen molar-refractivity contribution in [2.24, 2.45) is 10.2 Å². The third-order valence-corrected chi connectivity index (χ3v) is 4.15. The second kappa shape index (κ2) is 7.05. The summed E-state index contributed by atoms with van der Waals surface area (Å²) in [7, 11) is 0. The second-order valence-electron chi connectivity index (χ2n) is 4.88. The van der Waals surface area contributed by atoms with Crippen molar-refractivity contribution in [1.29, 1.82) is 0 Å². The normalized spacial score (nSPS) is 15.8. The molecule has 0 aliphatic carbocycles. The van der Waals surface area contributed by atoms with Crippen LogP contribution in [0.25, 0.3) is 11.1 Å². The number of nitro benzene ring substituents is 1. The Hall–Kier alpha value is -3.00. The maximum absolute atomic E-state index is 11.1. The molecule has 0 bridgehead atoms. The molecule has 24 heavy (non-hydrogen) atoms. The number of hydrogen-bond acceptors (Lipinski definition) is 6. The molecule has 1 saturated heterocycles. The average molecular weight is 340 g/mol. The van der Waals surface area contributed by atoms with Crippen LogP contribution in [0.2, 0.25) is 0 Å². The van der Waals surface area contributed by atoms with E-state index in [9.17, 15) is 14.9 Å². The van der Waals surface area contributed by atoms with Crippen LogP contribution >= 0.6 is 11.8 Å². The van der Waals surface area contributed by atoms with Gasteiger partial charge >= 0.3 is 0 Å². The molecule has 8 heteroatoms. The van der Waals surface area contributed by atoms with Crippen molar-refractivity contribution in [3.63, 3.8) is 0 Å². The maximum Gasteiger partial charge on any atom is 0.269 e. The van der Waals surface area contributed by atoms with E-state index >= 15 is 0 Å². The molecule has 120 valence electrons. The van der Waals surface area contributed by atoms with Gasteiger partial charge < -0.3 is 5.32 Å². The van der Waals surface area contributed by atoms with E-state index in [4.69, 9.17) is 0 Å². The van der Waals surface area contributed by atoms with Crippen LogP contribution in [0.5, 0.6) is 0 Å². The number of amides is 1. The number of carbonyl (C=O) groups is 1. The molecule has 1 N–H and O–H groups in total. The zero-order valence-electron chi connectivity index (χ0n) is 12.4. The fraction of sp³-hybridized carbons (Fsp3) is 0.0625. The van der Waals surface area contributed by atoms with Gasteiger partial charge in [-0.1, -0.05) is 36.0 Å². The number of nitro groups is 1. The van der Waals surface area contributed by atoms with Gasteiger partial charge in [0.1, 0.15) is 0 Å². The zero-order chi connectivity index (χ0) is 16.9. The Morgan fingerprint density at radius 2 is 1.92 bits per heavy atom. The van der Waals surface area contributed by atoms with Gasteiger partial charge in [-0.3, -0.25) is 14.9 Å². The molecule has 0 unspecified atom stereocenters. The minimum Gasteiger partial charge on any atom is -0.303 e. The molecule has 1 amide bonds. The van der Waals surface area contributed by atoms with Gasteiger partial charge in [-0.05, 0) is 23.3 Å². The Morgan fingerprint density at radius 3 is 2.58 bits per heavy atom. The van der Waals surface area contributed by atoms with Gasteiger partial charge in [-0.15, -0.1) is 5.10 Å². The van der Waals surface area contributed by atoms with E-state index in [1.165, 1.54) is 23.9 Å². The summed E-state index contributed by atoms with van der Waals surface area (Å²) in [4.78, 5) is 21.4. The zero-order valence-corrected chi connectivity index (χ0v) is 13.2. The van der Waals surface area contributed by atoms with E-state index in [1.54, 1.807) is 18.3 Å². The molecule has 1 aliphatic heterocycles. The average Bonchev–Trinajstić information content (AvgIpc) is 3.01. The Morgan fingerprint density at radius 1 is 1.17 bits per heavy atom.